The first kappa shape index (κ1) is 10.4. The molecular weight excluding hydrogens is 193 g/mol. The molecule has 2 nitrogen and oxygen atoms in total. The molecule has 0 unspecified atom stereocenters. The van der Waals surface area contributed by atoms with Gasteiger partial charge in [0, 0.05) is 11.6 Å². The van der Waals surface area contributed by atoms with Crippen molar-refractivity contribution in [2.45, 2.75) is 25.8 Å². The van der Waals surface area contributed by atoms with Gasteiger partial charge in [0.05, 0.1) is 6.61 Å². The highest BCUT2D eigenvalue weighted by molar-refractivity contribution is 5.36. The molecule has 0 spiro atoms. The first-order chi connectivity index (χ1) is 7.16. The number of halogens is 1. The molecule has 0 saturated heterocycles. The monoisotopic (exact) mass is 209 g/mol. The lowest BCUT2D eigenvalue weighted by molar-refractivity contribution is 0.295. The van der Waals surface area contributed by atoms with Crippen molar-refractivity contribution in [1.82, 2.24) is 0 Å². The zero-order chi connectivity index (χ0) is 10.8. The molecule has 1 aromatic carbocycles. The van der Waals surface area contributed by atoms with E-state index in [2.05, 4.69) is 0 Å². The average Bonchev–Trinajstić information content (AvgIpc) is 2.99. The van der Waals surface area contributed by atoms with Crippen molar-refractivity contribution in [2.75, 3.05) is 6.61 Å². The Kier molecular flexibility index (Phi) is 2.91. The molecule has 0 aliphatic heterocycles. The van der Waals surface area contributed by atoms with Gasteiger partial charge in [-0.3, -0.25) is 0 Å². The minimum Gasteiger partial charge on any atom is -0.493 e. The summed E-state index contributed by atoms with van der Waals surface area (Å²) in [5, 5.41) is 0. The van der Waals surface area contributed by atoms with Crippen LogP contribution in [0.15, 0.2) is 18.2 Å². The molecule has 0 radical (unpaired) electrons. The van der Waals surface area contributed by atoms with E-state index in [0.29, 0.717) is 5.92 Å². The summed E-state index contributed by atoms with van der Waals surface area (Å²) in [4.78, 5) is 0. The van der Waals surface area contributed by atoms with Crippen LogP contribution in [0.3, 0.4) is 0 Å². The number of benzene rings is 1. The lowest BCUT2D eigenvalue weighted by Gasteiger charge is -2.13. The summed E-state index contributed by atoms with van der Waals surface area (Å²) in [6, 6.07) is 4.33. The molecule has 82 valence electrons. The Hall–Kier alpha value is -1.09. The van der Waals surface area contributed by atoms with Crippen molar-refractivity contribution in [3.8, 4) is 5.75 Å². The maximum absolute atomic E-state index is 13.0. The van der Waals surface area contributed by atoms with Crippen LogP contribution in [0.25, 0.3) is 0 Å². The third-order valence-electron chi connectivity index (χ3n) is 2.63. The van der Waals surface area contributed by atoms with Crippen LogP contribution in [-0.4, -0.2) is 6.61 Å². The Morgan fingerprint density at radius 3 is 2.87 bits per heavy atom. The van der Waals surface area contributed by atoms with Gasteiger partial charge in [-0.05, 0) is 43.9 Å². The third kappa shape index (κ3) is 2.69. The van der Waals surface area contributed by atoms with Gasteiger partial charge in [0.25, 0.3) is 0 Å². The number of nitrogens with two attached hydrogens (primary N) is 1. The van der Waals surface area contributed by atoms with Gasteiger partial charge in [0.15, 0.2) is 0 Å². The Morgan fingerprint density at radius 2 is 2.27 bits per heavy atom. The van der Waals surface area contributed by atoms with E-state index in [1.807, 2.05) is 6.92 Å². The molecule has 15 heavy (non-hydrogen) atoms. The van der Waals surface area contributed by atoms with Crippen molar-refractivity contribution in [2.24, 2.45) is 11.7 Å². The fourth-order valence-corrected chi connectivity index (χ4v) is 1.50. The second-order valence-corrected chi connectivity index (χ2v) is 4.23. The van der Waals surface area contributed by atoms with Crippen molar-refractivity contribution in [1.29, 1.82) is 0 Å². The van der Waals surface area contributed by atoms with E-state index in [4.69, 9.17) is 10.5 Å². The highest BCUT2D eigenvalue weighted by Gasteiger charge is 2.22. The number of ether oxygens (including phenoxy) is 1. The normalized spacial score (nSPS) is 17.5. The fourth-order valence-electron chi connectivity index (χ4n) is 1.50. The Bertz CT molecular complexity index is 347. The largest absolute Gasteiger partial charge is 0.493 e. The molecule has 1 atom stereocenters. The summed E-state index contributed by atoms with van der Waals surface area (Å²) in [5.74, 6) is 1.15. The van der Waals surface area contributed by atoms with E-state index >= 15 is 0 Å². The molecule has 0 amide bonds. The Morgan fingerprint density at radius 1 is 1.53 bits per heavy atom. The lowest BCUT2D eigenvalue weighted by Crippen LogP contribution is -2.09. The van der Waals surface area contributed by atoms with Crippen molar-refractivity contribution < 1.29 is 9.13 Å². The lowest BCUT2D eigenvalue weighted by atomic mass is 10.1. The van der Waals surface area contributed by atoms with E-state index in [9.17, 15) is 4.39 Å². The molecule has 2 rings (SSSR count). The molecule has 0 heterocycles. The summed E-state index contributed by atoms with van der Waals surface area (Å²) in [5.41, 5.74) is 6.50. The summed E-state index contributed by atoms with van der Waals surface area (Å²) >= 11 is 0. The van der Waals surface area contributed by atoms with Crippen LogP contribution in [0.2, 0.25) is 0 Å². The molecule has 1 fully saturated rings. The van der Waals surface area contributed by atoms with Crippen molar-refractivity contribution in [3.63, 3.8) is 0 Å². The van der Waals surface area contributed by atoms with Gasteiger partial charge in [-0.2, -0.15) is 0 Å². The summed E-state index contributed by atoms with van der Waals surface area (Å²) in [6.07, 6.45) is 2.49. The molecule has 0 bridgehead atoms. The van der Waals surface area contributed by atoms with Gasteiger partial charge in [-0.15, -0.1) is 0 Å². The second-order valence-electron chi connectivity index (χ2n) is 4.23. The fraction of sp³-hybridized carbons (Fsp3) is 0.500. The standard InChI is InChI=1S/C12H16FNO/c1-8(14)11-6-10(13)4-5-12(11)15-7-9-2-3-9/h4-6,8-9H,2-3,7,14H2,1H3/t8-/m1/s1. The molecule has 1 aliphatic rings. The van der Waals surface area contributed by atoms with Gasteiger partial charge in [0.1, 0.15) is 11.6 Å². The molecule has 1 aromatic rings. The zero-order valence-corrected chi connectivity index (χ0v) is 8.87. The van der Waals surface area contributed by atoms with Crippen LogP contribution in [0, 0.1) is 11.7 Å². The predicted molar refractivity (Wildman–Crippen MR) is 57.2 cm³/mol. The van der Waals surface area contributed by atoms with Crippen molar-refractivity contribution in [3.05, 3.63) is 29.6 Å². The smallest absolute Gasteiger partial charge is 0.124 e. The first-order valence-corrected chi connectivity index (χ1v) is 5.34. The minimum absolute atomic E-state index is 0.199. The summed E-state index contributed by atoms with van der Waals surface area (Å²) in [6.45, 7) is 2.56. The van der Waals surface area contributed by atoms with Crippen LogP contribution in [0.5, 0.6) is 5.75 Å². The molecule has 0 aromatic heterocycles. The summed E-state index contributed by atoms with van der Waals surface area (Å²) in [7, 11) is 0. The second kappa shape index (κ2) is 4.19. The molecule has 1 aliphatic carbocycles. The number of hydrogen-bond donors (Lipinski definition) is 1. The van der Waals surface area contributed by atoms with Crippen LogP contribution in [0.1, 0.15) is 31.4 Å². The van der Waals surface area contributed by atoms with Gasteiger partial charge >= 0.3 is 0 Å². The molecular formula is C12H16FNO. The van der Waals surface area contributed by atoms with Crippen LogP contribution in [-0.2, 0) is 0 Å². The average molecular weight is 209 g/mol. The van der Waals surface area contributed by atoms with E-state index in [0.717, 1.165) is 17.9 Å². The van der Waals surface area contributed by atoms with E-state index in [1.54, 1.807) is 6.07 Å². The van der Waals surface area contributed by atoms with Crippen molar-refractivity contribution >= 4 is 0 Å². The van der Waals surface area contributed by atoms with E-state index < -0.39 is 0 Å². The van der Waals surface area contributed by atoms with Crippen LogP contribution in [0.4, 0.5) is 4.39 Å². The summed E-state index contributed by atoms with van der Waals surface area (Å²) < 4.78 is 18.6. The van der Waals surface area contributed by atoms with Gasteiger partial charge in [-0.25, -0.2) is 4.39 Å². The highest BCUT2D eigenvalue weighted by Crippen LogP contribution is 2.31. The number of hydrogen-bond acceptors (Lipinski definition) is 2. The Balaban J connectivity index is 2.12. The zero-order valence-electron chi connectivity index (χ0n) is 8.87. The highest BCUT2D eigenvalue weighted by atomic mass is 19.1. The maximum atomic E-state index is 13.0. The van der Waals surface area contributed by atoms with E-state index in [-0.39, 0.29) is 11.9 Å². The van der Waals surface area contributed by atoms with Gasteiger partial charge in [-0.1, -0.05) is 0 Å². The van der Waals surface area contributed by atoms with Crippen LogP contribution >= 0.6 is 0 Å². The number of rotatable bonds is 4. The molecule has 2 N–H and O–H groups in total. The van der Waals surface area contributed by atoms with Gasteiger partial charge in [0.2, 0.25) is 0 Å². The predicted octanol–water partition coefficient (Wildman–Crippen LogP) is 2.63. The quantitative estimate of drug-likeness (QED) is 0.827. The Labute approximate surface area is 89.2 Å². The third-order valence-corrected chi connectivity index (χ3v) is 2.63. The van der Waals surface area contributed by atoms with Gasteiger partial charge < -0.3 is 10.5 Å². The first-order valence-electron chi connectivity index (χ1n) is 5.34. The maximum Gasteiger partial charge on any atom is 0.124 e. The molecule has 1 saturated carbocycles. The molecule has 3 heteroatoms. The SMILES string of the molecule is C[C@@H](N)c1cc(F)ccc1OCC1CC1. The minimum atomic E-state index is -0.263. The van der Waals surface area contributed by atoms with E-state index in [1.165, 1.54) is 25.0 Å². The van der Waals surface area contributed by atoms with Crippen LogP contribution < -0.4 is 10.5 Å². The topological polar surface area (TPSA) is 35.2 Å².